The Bertz CT molecular complexity index is 409. The van der Waals surface area contributed by atoms with E-state index in [1.54, 1.807) is 0 Å². The zero-order valence-electron chi connectivity index (χ0n) is 8.85. The van der Waals surface area contributed by atoms with Crippen LogP contribution in [0.25, 0.3) is 0 Å². The Hall–Kier alpha value is -1.56. The molecule has 0 bridgehead atoms. The molecule has 88 valence electrons. The minimum Gasteiger partial charge on any atom is -0.281 e. The fraction of sp³-hybridized carbons (Fsp3) is 0.300. The third-order valence-electron chi connectivity index (χ3n) is 2.09. The van der Waals surface area contributed by atoms with Crippen LogP contribution in [0.1, 0.15) is 12.5 Å². The number of amides is 1. The van der Waals surface area contributed by atoms with Crippen LogP contribution in [0.4, 0.5) is 13.2 Å². The first-order valence-electron chi connectivity index (χ1n) is 4.53. The monoisotopic (exact) mass is 232 g/mol. The zero-order chi connectivity index (χ0) is 12.3. The lowest BCUT2D eigenvalue weighted by atomic mass is 10.2. The number of hydrazine groups is 1. The summed E-state index contributed by atoms with van der Waals surface area (Å²) in [6.07, 6.45) is 0. The topological polar surface area (TPSA) is 32.3 Å². The van der Waals surface area contributed by atoms with Crippen molar-refractivity contribution in [1.29, 1.82) is 0 Å². The summed E-state index contributed by atoms with van der Waals surface area (Å²) in [5.74, 6) is -4.27. The van der Waals surface area contributed by atoms with Crippen LogP contribution in [0.2, 0.25) is 0 Å². The molecule has 0 aliphatic heterocycles. The molecule has 0 fully saturated rings. The van der Waals surface area contributed by atoms with Crippen LogP contribution in [0.5, 0.6) is 0 Å². The van der Waals surface area contributed by atoms with E-state index in [4.69, 9.17) is 0 Å². The van der Waals surface area contributed by atoms with Gasteiger partial charge in [0.25, 0.3) is 0 Å². The molecule has 0 radical (unpaired) electrons. The fourth-order valence-electron chi connectivity index (χ4n) is 1.02. The molecule has 6 heteroatoms. The van der Waals surface area contributed by atoms with Crippen LogP contribution in [0.15, 0.2) is 12.1 Å². The molecule has 0 saturated heterocycles. The van der Waals surface area contributed by atoms with Crippen LogP contribution >= 0.6 is 0 Å². The number of hydrogen-bond donors (Lipinski definition) is 1. The Kier molecular flexibility index (Phi) is 3.89. The SMILES string of the molecule is CC(=O)N(C)NCc1ccc(F)c(F)c1F. The fourth-order valence-corrected chi connectivity index (χ4v) is 1.02. The summed E-state index contributed by atoms with van der Waals surface area (Å²) < 4.78 is 38.6. The first kappa shape index (κ1) is 12.5. The molecule has 0 unspecified atom stereocenters. The van der Waals surface area contributed by atoms with Crippen molar-refractivity contribution in [3.63, 3.8) is 0 Å². The lowest BCUT2D eigenvalue weighted by Crippen LogP contribution is -2.37. The van der Waals surface area contributed by atoms with Gasteiger partial charge in [0.1, 0.15) is 0 Å². The van der Waals surface area contributed by atoms with Crippen LogP contribution in [0.3, 0.4) is 0 Å². The summed E-state index contributed by atoms with van der Waals surface area (Å²) in [7, 11) is 1.44. The van der Waals surface area contributed by atoms with Gasteiger partial charge in [0, 0.05) is 26.1 Å². The highest BCUT2D eigenvalue weighted by Crippen LogP contribution is 2.14. The van der Waals surface area contributed by atoms with Gasteiger partial charge in [-0.15, -0.1) is 0 Å². The average Bonchev–Trinajstić information content (AvgIpc) is 2.24. The molecule has 16 heavy (non-hydrogen) atoms. The first-order chi connectivity index (χ1) is 7.43. The van der Waals surface area contributed by atoms with E-state index >= 15 is 0 Å². The Morgan fingerprint density at radius 1 is 1.31 bits per heavy atom. The first-order valence-corrected chi connectivity index (χ1v) is 4.53. The smallest absolute Gasteiger partial charge is 0.233 e. The van der Waals surface area contributed by atoms with Crippen LogP contribution in [-0.4, -0.2) is 18.0 Å². The molecule has 0 atom stereocenters. The van der Waals surface area contributed by atoms with Crippen LogP contribution in [-0.2, 0) is 11.3 Å². The predicted octanol–water partition coefficient (Wildman–Crippen LogP) is 1.59. The molecule has 1 rings (SSSR count). The predicted molar refractivity (Wildman–Crippen MR) is 51.6 cm³/mol. The van der Waals surface area contributed by atoms with Crippen molar-refractivity contribution in [2.24, 2.45) is 0 Å². The van der Waals surface area contributed by atoms with E-state index in [1.807, 2.05) is 0 Å². The van der Waals surface area contributed by atoms with E-state index < -0.39 is 17.5 Å². The van der Waals surface area contributed by atoms with Gasteiger partial charge < -0.3 is 0 Å². The van der Waals surface area contributed by atoms with E-state index in [9.17, 15) is 18.0 Å². The van der Waals surface area contributed by atoms with Gasteiger partial charge in [-0.3, -0.25) is 9.80 Å². The molecular weight excluding hydrogens is 221 g/mol. The molecule has 1 aromatic rings. The van der Waals surface area contributed by atoms with Gasteiger partial charge in [0.15, 0.2) is 17.5 Å². The molecule has 1 amide bonds. The largest absolute Gasteiger partial charge is 0.281 e. The Balaban J connectivity index is 2.75. The van der Waals surface area contributed by atoms with Crippen molar-refractivity contribution in [3.05, 3.63) is 35.1 Å². The summed E-state index contributed by atoms with van der Waals surface area (Å²) in [4.78, 5) is 10.8. The molecule has 1 N–H and O–H groups in total. The van der Waals surface area contributed by atoms with Crippen molar-refractivity contribution < 1.29 is 18.0 Å². The molecule has 0 aliphatic rings. The maximum Gasteiger partial charge on any atom is 0.233 e. The van der Waals surface area contributed by atoms with E-state index in [0.29, 0.717) is 0 Å². The number of nitrogens with one attached hydrogen (secondary N) is 1. The van der Waals surface area contributed by atoms with E-state index in [0.717, 1.165) is 17.1 Å². The molecule has 1 aromatic carbocycles. The third kappa shape index (κ3) is 2.73. The molecule has 3 nitrogen and oxygen atoms in total. The van der Waals surface area contributed by atoms with Crippen LogP contribution < -0.4 is 5.43 Å². The number of rotatable bonds is 3. The highest BCUT2D eigenvalue weighted by Gasteiger charge is 2.13. The second kappa shape index (κ2) is 4.98. The van der Waals surface area contributed by atoms with Gasteiger partial charge in [0.05, 0.1) is 0 Å². The summed E-state index contributed by atoms with van der Waals surface area (Å²) in [5.41, 5.74) is 2.49. The molecule has 0 heterocycles. The van der Waals surface area contributed by atoms with Crippen molar-refractivity contribution in [2.75, 3.05) is 7.05 Å². The minimum absolute atomic E-state index is 0.0491. The normalized spacial score (nSPS) is 10.3. The number of nitrogens with zero attached hydrogens (tertiary/aromatic N) is 1. The number of hydrogen-bond acceptors (Lipinski definition) is 2. The summed E-state index contributed by atoms with van der Waals surface area (Å²) >= 11 is 0. The van der Waals surface area contributed by atoms with Crippen molar-refractivity contribution >= 4 is 5.91 Å². The van der Waals surface area contributed by atoms with Crippen molar-refractivity contribution in [1.82, 2.24) is 10.4 Å². The molecular formula is C10H11F3N2O. The number of carbonyl (C=O) groups excluding carboxylic acids is 1. The maximum atomic E-state index is 13.2. The quantitative estimate of drug-likeness (QED) is 0.634. The second-order valence-corrected chi connectivity index (χ2v) is 3.25. The van der Waals surface area contributed by atoms with Gasteiger partial charge in [-0.05, 0) is 6.07 Å². The molecule has 0 saturated carbocycles. The van der Waals surface area contributed by atoms with Gasteiger partial charge in [-0.25, -0.2) is 18.6 Å². The molecule has 0 aliphatic carbocycles. The van der Waals surface area contributed by atoms with Crippen molar-refractivity contribution in [3.8, 4) is 0 Å². The second-order valence-electron chi connectivity index (χ2n) is 3.25. The number of carbonyl (C=O) groups is 1. The minimum atomic E-state index is -1.51. The maximum absolute atomic E-state index is 13.2. The summed E-state index contributed by atoms with van der Waals surface area (Å²) in [6, 6.07) is 1.96. The Morgan fingerprint density at radius 2 is 1.94 bits per heavy atom. The Labute approximate surface area is 90.8 Å². The zero-order valence-corrected chi connectivity index (χ0v) is 8.85. The standard InChI is InChI=1S/C10H11F3N2O/c1-6(16)15(2)14-5-7-3-4-8(11)10(13)9(7)12/h3-4,14H,5H2,1-2H3. The van der Waals surface area contributed by atoms with E-state index in [-0.39, 0.29) is 18.0 Å². The molecule has 0 aromatic heterocycles. The Morgan fingerprint density at radius 3 is 2.50 bits per heavy atom. The van der Waals surface area contributed by atoms with Gasteiger partial charge in [0.2, 0.25) is 5.91 Å². The lowest BCUT2D eigenvalue weighted by molar-refractivity contribution is -0.130. The average molecular weight is 232 g/mol. The number of halogens is 3. The van der Waals surface area contributed by atoms with E-state index in [2.05, 4.69) is 5.43 Å². The van der Waals surface area contributed by atoms with E-state index in [1.165, 1.54) is 14.0 Å². The highest BCUT2D eigenvalue weighted by atomic mass is 19.2. The third-order valence-corrected chi connectivity index (χ3v) is 2.09. The van der Waals surface area contributed by atoms with Gasteiger partial charge in [-0.2, -0.15) is 0 Å². The summed E-state index contributed by atoms with van der Waals surface area (Å²) in [5, 5.41) is 1.13. The van der Waals surface area contributed by atoms with Crippen molar-refractivity contribution in [2.45, 2.75) is 13.5 Å². The summed E-state index contributed by atoms with van der Waals surface area (Å²) in [6.45, 7) is 1.22. The van der Waals surface area contributed by atoms with Crippen LogP contribution in [0, 0.1) is 17.5 Å². The lowest BCUT2D eigenvalue weighted by Gasteiger charge is -2.16. The number of benzene rings is 1. The highest BCUT2D eigenvalue weighted by molar-refractivity contribution is 5.72. The van der Waals surface area contributed by atoms with Gasteiger partial charge >= 0.3 is 0 Å². The molecule has 0 spiro atoms. The van der Waals surface area contributed by atoms with Gasteiger partial charge in [-0.1, -0.05) is 6.07 Å².